The maximum absolute atomic E-state index is 5.39. The van der Waals surface area contributed by atoms with Crippen LogP contribution >= 0.6 is 0 Å². The van der Waals surface area contributed by atoms with E-state index in [1.54, 1.807) is 14.2 Å². The molecule has 2 atom stereocenters. The van der Waals surface area contributed by atoms with Crippen LogP contribution < -0.4 is 10.1 Å². The zero-order chi connectivity index (χ0) is 13.7. The first-order valence-electron chi connectivity index (χ1n) is 6.74. The summed E-state index contributed by atoms with van der Waals surface area (Å²) >= 11 is 0. The number of hydrogen-bond acceptors (Lipinski definition) is 4. The van der Waals surface area contributed by atoms with Crippen molar-refractivity contribution in [2.75, 3.05) is 27.4 Å². The number of ether oxygens (including phenoxy) is 3. The monoisotopic (exact) mass is 265 g/mol. The lowest BCUT2D eigenvalue weighted by Gasteiger charge is -2.20. The third-order valence-electron chi connectivity index (χ3n) is 3.52. The lowest BCUT2D eigenvalue weighted by Crippen LogP contribution is -2.31. The van der Waals surface area contributed by atoms with Crippen molar-refractivity contribution in [2.24, 2.45) is 0 Å². The summed E-state index contributed by atoms with van der Waals surface area (Å²) in [6.07, 6.45) is 1.09. The minimum absolute atomic E-state index is 0.299. The van der Waals surface area contributed by atoms with Crippen molar-refractivity contribution in [1.29, 1.82) is 0 Å². The van der Waals surface area contributed by atoms with Gasteiger partial charge in [0, 0.05) is 31.4 Å². The van der Waals surface area contributed by atoms with Gasteiger partial charge in [-0.3, -0.25) is 0 Å². The fourth-order valence-electron chi connectivity index (χ4n) is 2.45. The van der Waals surface area contributed by atoms with Gasteiger partial charge in [0.1, 0.15) is 5.75 Å². The van der Waals surface area contributed by atoms with Crippen LogP contribution in [0.15, 0.2) is 18.2 Å². The predicted octanol–water partition coefficient (Wildman–Crippen LogP) is 2.28. The highest BCUT2D eigenvalue weighted by molar-refractivity contribution is 5.38. The Hall–Kier alpha value is -1.10. The highest BCUT2D eigenvalue weighted by atomic mass is 16.5. The molecule has 1 N–H and O–H groups in total. The Balaban J connectivity index is 2.07. The van der Waals surface area contributed by atoms with Gasteiger partial charge in [-0.2, -0.15) is 0 Å². The molecule has 1 aliphatic rings. The fourth-order valence-corrected chi connectivity index (χ4v) is 2.45. The summed E-state index contributed by atoms with van der Waals surface area (Å²) in [5.41, 5.74) is 2.33. The van der Waals surface area contributed by atoms with E-state index >= 15 is 0 Å². The van der Waals surface area contributed by atoms with Gasteiger partial charge in [-0.05, 0) is 31.0 Å². The minimum Gasteiger partial charge on any atom is -0.496 e. The summed E-state index contributed by atoms with van der Waals surface area (Å²) in [6, 6.07) is 7.02. The number of benzene rings is 1. The second-order valence-corrected chi connectivity index (χ2v) is 4.95. The summed E-state index contributed by atoms with van der Waals surface area (Å²) in [5.74, 6) is 0.877. The minimum atomic E-state index is 0.299. The van der Waals surface area contributed by atoms with Crippen LogP contribution in [-0.2, 0) is 16.1 Å². The molecular weight excluding hydrogens is 242 g/mol. The SMILES string of the molecule is COCc1cc(C(C)NC2CCOC2)ccc1OC. The van der Waals surface area contributed by atoms with E-state index in [1.165, 1.54) is 5.56 Å². The van der Waals surface area contributed by atoms with Crippen LogP contribution in [0.3, 0.4) is 0 Å². The molecule has 1 aromatic rings. The van der Waals surface area contributed by atoms with E-state index < -0.39 is 0 Å². The normalized spacial score (nSPS) is 20.5. The highest BCUT2D eigenvalue weighted by Crippen LogP contribution is 2.24. The second-order valence-electron chi connectivity index (χ2n) is 4.95. The summed E-state index contributed by atoms with van der Waals surface area (Å²) in [4.78, 5) is 0. The van der Waals surface area contributed by atoms with E-state index in [4.69, 9.17) is 14.2 Å². The molecule has 19 heavy (non-hydrogen) atoms. The topological polar surface area (TPSA) is 39.7 Å². The summed E-state index contributed by atoms with van der Waals surface area (Å²) < 4.78 is 16.0. The molecular formula is C15H23NO3. The molecule has 0 radical (unpaired) electrons. The molecule has 0 aliphatic carbocycles. The molecule has 1 heterocycles. The van der Waals surface area contributed by atoms with Gasteiger partial charge in [0.05, 0.1) is 20.3 Å². The van der Waals surface area contributed by atoms with Gasteiger partial charge in [0.2, 0.25) is 0 Å². The van der Waals surface area contributed by atoms with Crippen molar-refractivity contribution in [3.63, 3.8) is 0 Å². The molecule has 1 fully saturated rings. The van der Waals surface area contributed by atoms with E-state index in [1.807, 2.05) is 6.07 Å². The molecule has 1 aliphatic heterocycles. The summed E-state index contributed by atoms with van der Waals surface area (Å²) in [6.45, 7) is 4.42. The van der Waals surface area contributed by atoms with Gasteiger partial charge in [0.25, 0.3) is 0 Å². The van der Waals surface area contributed by atoms with Crippen LogP contribution in [0.4, 0.5) is 0 Å². The second kappa shape index (κ2) is 6.89. The first kappa shape index (κ1) is 14.3. The van der Waals surface area contributed by atoms with Crippen molar-refractivity contribution >= 4 is 0 Å². The standard InChI is InChI=1S/C15H23NO3/c1-11(16-14-6-7-19-10-14)12-4-5-15(18-3)13(8-12)9-17-2/h4-5,8,11,14,16H,6-7,9-10H2,1-3H3. The predicted molar refractivity (Wildman–Crippen MR) is 74.5 cm³/mol. The molecule has 0 amide bonds. The van der Waals surface area contributed by atoms with Crippen LogP contribution in [0.25, 0.3) is 0 Å². The van der Waals surface area contributed by atoms with Gasteiger partial charge in [-0.25, -0.2) is 0 Å². The molecule has 2 rings (SSSR count). The number of methoxy groups -OCH3 is 2. The molecule has 4 heteroatoms. The van der Waals surface area contributed by atoms with Gasteiger partial charge in [-0.1, -0.05) is 6.07 Å². The van der Waals surface area contributed by atoms with E-state index in [-0.39, 0.29) is 0 Å². The van der Waals surface area contributed by atoms with Crippen LogP contribution in [0, 0.1) is 0 Å². The first-order valence-corrected chi connectivity index (χ1v) is 6.74. The fraction of sp³-hybridized carbons (Fsp3) is 0.600. The van der Waals surface area contributed by atoms with Crippen molar-refractivity contribution < 1.29 is 14.2 Å². The van der Waals surface area contributed by atoms with Crippen LogP contribution in [0.5, 0.6) is 5.75 Å². The smallest absolute Gasteiger partial charge is 0.124 e. The Bertz CT molecular complexity index is 402. The molecule has 0 bridgehead atoms. The van der Waals surface area contributed by atoms with Crippen molar-refractivity contribution in [2.45, 2.75) is 32.0 Å². The summed E-state index contributed by atoms with van der Waals surface area (Å²) in [7, 11) is 3.38. The third kappa shape index (κ3) is 3.69. The molecule has 2 unspecified atom stereocenters. The summed E-state index contributed by atoms with van der Waals surface area (Å²) in [5, 5.41) is 3.60. The first-order chi connectivity index (χ1) is 9.24. The molecule has 0 saturated carbocycles. The van der Waals surface area contributed by atoms with Crippen molar-refractivity contribution in [3.8, 4) is 5.75 Å². The number of rotatable bonds is 6. The Morgan fingerprint density at radius 2 is 2.26 bits per heavy atom. The molecule has 0 aromatic heterocycles. The average Bonchev–Trinajstić information content (AvgIpc) is 2.92. The van der Waals surface area contributed by atoms with Gasteiger partial charge in [-0.15, -0.1) is 0 Å². The Morgan fingerprint density at radius 1 is 1.42 bits per heavy atom. The lowest BCUT2D eigenvalue weighted by molar-refractivity contribution is 0.181. The Morgan fingerprint density at radius 3 is 2.89 bits per heavy atom. The average molecular weight is 265 g/mol. The van der Waals surface area contributed by atoms with Crippen molar-refractivity contribution in [1.82, 2.24) is 5.32 Å². The molecule has 1 aromatic carbocycles. The third-order valence-corrected chi connectivity index (χ3v) is 3.52. The molecule has 106 valence electrons. The van der Waals surface area contributed by atoms with E-state index in [0.29, 0.717) is 18.7 Å². The van der Waals surface area contributed by atoms with Crippen LogP contribution in [0.1, 0.15) is 30.5 Å². The molecule has 1 saturated heterocycles. The highest BCUT2D eigenvalue weighted by Gasteiger charge is 2.18. The van der Waals surface area contributed by atoms with Crippen LogP contribution in [0.2, 0.25) is 0 Å². The van der Waals surface area contributed by atoms with E-state index in [0.717, 1.165) is 30.9 Å². The lowest BCUT2D eigenvalue weighted by atomic mass is 10.0. The van der Waals surface area contributed by atoms with E-state index in [2.05, 4.69) is 24.4 Å². The molecule has 0 spiro atoms. The van der Waals surface area contributed by atoms with E-state index in [9.17, 15) is 0 Å². The maximum Gasteiger partial charge on any atom is 0.124 e. The Kier molecular flexibility index (Phi) is 5.19. The van der Waals surface area contributed by atoms with Gasteiger partial charge < -0.3 is 19.5 Å². The number of nitrogens with one attached hydrogen (secondary N) is 1. The van der Waals surface area contributed by atoms with Crippen molar-refractivity contribution in [3.05, 3.63) is 29.3 Å². The Labute approximate surface area is 115 Å². The van der Waals surface area contributed by atoms with Gasteiger partial charge in [0.15, 0.2) is 0 Å². The zero-order valence-electron chi connectivity index (χ0n) is 11.9. The van der Waals surface area contributed by atoms with Crippen LogP contribution in [-0.4, -0.2) is 33.5 Å². The maximum atomic E-state index is 5.39. The molecule has 4 nitrogen and oxygen atoms in total. The largest absolute Gasteiger partial charge is 0.496 e. The van der Waals surface area contributed by atoms with Gasteiger partial charge >= 0.3 is 0 Å². The zero-order valence-corrected chi connectivity index (χ0v) is 11.9. The number of hydrogen-bond donors (Lipinski definition) is 1. The quantitative estimate of drug-likeness (QED) is 0.856.